The third kappa shape index (κ3) is 4.27. The predicted octanol–water partition coefficient (Wildman–Crippen LogP) is 2.37. The highest BCUT2D eigenvalue weighted by Crippen LogP contribution is 2.23. The van der Waals surface area contributed by atoms with Gasteiger partial charge in [-0.25, -0.2) is 9.97 Å². The van der Waals surface area contributed by atoms with E-state index < -0.39 is 0 Å². The van der Waals surface area contributed by atoms with Gasteiger partial charge >= 0.3 is 0 Å². The van der Waals surface area contributed by atoms with Crippen molar-refractivity contribution in [1.29, 1.82) is 0 Å². The van der Waals surface area contributed by atoms with E-state index in [1.807, 2.05) is 18.2 Å². The van der Waals surface area contributed by atoms with Crippen molar-refractivity contribution in [2.24, 2.45) is 0 Å². The number of nitrogen functional groups attached to an aromatic ring is 1. The quantitative estimate of drug-likeness (QED) is 0.479. The molecule has 1 aliphatic heterocycles. The maximum atomic E-state index is 12.6. The molecular weight excluding hydrogens is 426 g/mol. The Morgan fingerprint density at radius 1 is 1.17 bits per heavy atom. The van der Waals surface area contributed by atoms with Crippen LogP contribution in [0, 0.1) is 0 Å². The average Bonchev–Trinajstić information content (AvgIpc) is 3.16. The molecule has 1 saturated heterocycles. The Balaban J connectivity index is 1.36. The van der Waals surface area contributed by atoms with Gasteiger partial charge in [0, 0.05) is 25.0 Å². The lowest BCUT2D eigenvalue weighted by atomic mass is 10.1. The van der Waals surface area contributed by atoms with Gasteiger partial charge in [-0.05, 0) is 29.8 Å². The molecule has 1 aromatic carbocycles. The van der Waals surface area contributed by atoms with Gasteiger partial charge < -0.3 is 15.5 Å². The SMILES string of the molecule is Nc1ncnc2cc(CN3CCN(C(=O)CC(=O)c4ccc(Cl)s4)CC3=O)ccc12. The van der Waals surface area contributed by atoms with Crippen LogP contribution in [-0.4, -0.2) is 57.0 Å². The molecule has 2 amide bonds. The molecule has 3 aromatic rings. The van der Waals surface area contributed by atoms with Crippen molar-refractivity contribution in [3.05, 3.63) is 51.4 Å². The summed E-state index contributed by atoms with van der Waals surface area (Å²) in [6, 6.07) is 8.83. The topological polar surface area (TPSA) is 109 Å². The molecule has 8 nitrogen and oxygen atoms in total. The zero-order valence-corrected chi connectivity index (χ0v) is 17.4. The van der Waals surface area contributed by atoms with Crippen LogP contribution in [0.25, 0.3) is 10.9 Å². The number of ketones is 1. The Bertz CT molecular complexity index is 1150. The number of amides is 2. The summed E-state index contributed by atoms with van der Waals surface area (Å²) in [4.78, 5) is 49.0. The number of benzene rings is 1. The molecule has 0 saturated carbocycles. The molecule has 0 bridgehead atoms. The summed E-state index contributed by atoms with van der Waals surface area (Å²) >= 11 is 6.98. The van der Waals surface area contributed by atoms with E-state index in [1.54, 1.807) is 17.0 Å². The summed E-state index contributed by atoms with van der Waals surface area (Å²) < 4.78 is 0.498. The maximum absolute atomic E-state index is 12.6. The highest BCUT2D eigenvalue weighted by Gasteiger charge is 2.28. The molecule has 1 fully saturated rings. The zero-order valence-electron chi connectivity index (χ0n) is 15.9. The van der Waals surface area contributed by atoms with E-state index in [4.69, 9.17) is 17.3 Å². The van der Waals surface area contributed by atoms with Crippen LogP contribution >= 0.6 is 22.9 Å². The Kier molecular flexibility index (Phi) is 5.65. The van der Waals surface area contributed by atoms with Crippen LogP contribution in [0.1, 0.15) is 21.7 Å². The fourth-order valence-corrected chi connectivity index (χ4v) is 4.31. The number of piperazine rings is 1. The van der Waals surface area contributed by atoms with Gasteiger partial charge in [0.05, 0.1) is 27.7 Å². The Morgan fingerprint density at radius 3 is 2.73 bits per heavy atom. The number of hydrogen-bond acceptors (Lipinski definition) is 7. The minimum absolute atomic E-state index is 0.0417. The average molecular weight is 444 g/mol. The van der Waals surface area contributed by atoms with E-state index in [0.29, 0.717) is 40.2 Å². The van der Waals surface area contributed by atoms with Crippen LogP contribution in [0.2, 0.25) is 4.34 Å². The number of hydrogen-bond donors (Lipinski definition) is 1. The summed E-state index contributed by atoms with van der Waals surface area (Å²) in [6.07, 6.45) is 1.14. The van der Waals surface area contributed by atoms with E-state index in [-0.39, 0.29) is 30.6 Å². The van der Waals surface area contributed by atoms with E-state index in [9.17, 15) is 14.4 Å². The van der Waals surface area contributed by atoms with Crippen LogP contribution in [-0.2, 0) is 16.1 Å². The summed E-state index contributed by atoms with van der Waals surface area (Å²) in [5.74, 6) is -0.391. The number of anilines is 1. The molecule has 4 rings (SSSR count). The van der Waals surface area contributed by atoms with Gasteiger partial charge in [0.2, 0.25) is 11.8 Å². The van der Waals surface area contributed by atoms with Crippen LogP contribution in [0.3, 0.4) is 0 Å². The molecule has 154 valence electrons. The molecular formula is C20H18ClN5O3S. The standard InChI is InChI=1S/C20H18ClN5O3S/c21-17-4-3-16(30-17)15(27)8-18(28)26-6-5-25(19(29)10-26)9-12-1-2-13-14(7-12)23-11-24-20(13)22/h1-4,7,11H,5-6,8-10H2,(H2,22,23,24). The van der Waals surface area contributed by atoms with Gasteiger partial charge in [0.25, 0.3) is 0 Å². The third-order valence-corrected chi connectivity index (χ3v) is 6.21. The van der Waals surface area contributed by atoms with Gasteiger partial charge in [-0.1, -0.05) is 17.7 Å². The molecule has 0 aliphatic carbocycles. The lowest BCUT2D eigenvalue weighted by Gasteiger charge is -2.34. The second-order valence-corrected chi connectivity index (χ2v) is 8.66. The van der Waals surface area contributed by atoms with Crippen molar-refractivity contribution < 1.29 is 14.4 Å². The number of nitrogens with two attached hydrogens (primary N) is 1. The first-order chi connectivity index (χ1) is 14.4. The summed E-state index contributed by atoms with van der Waals surface area (Å²) in [7, 11) is 0. The predicted molar refractivity (Wildman–Crippen MR) is 114 cm³/mol. The number of rotatable bonds is 5. The Labute approximate surface area is 181 Å². The maximum Gasteiger partial charge on any atom is 0.242 e. The monoisotopic (exact) mass is 443 g/mol. The van der Waals surface area contributed by atoms with E-state index in [1.165, 1.54) is 11.2 Å². The minimum Gasteiger partial charge on any atom is -0.383 e. The largest absolute Gasteiger partial charge is 0.383 e. The third-order valence-electron chi connectivity index (χ3n) is 4.94. The normalized spacial score (nSPS) is 14.4. The van der Waals surface area contributed by atoms with Crippen molar-refractivity contribution in [1.82, 2.24) is 19.8 Å². The molecule has 0 atom stereocenters. The number of carbonyl (C=O) groups is 3. The van der Waals surface area contributed by atoms with Gasteiger partial charge in [-0.3, -0.25) is 14.4 Å². The Hall–Kier alpha value is -3.04. The second-order valence-electron chi connectivity index (χ2n) is 6.94. The number of fused-ring (bicyclic) bond motifs is 1. The molecule has 0 radical (unpaired) electrons. The van der Waals surface area contributed by atoms with Crippen LogP contribution in [0.5, 0.6) is 0 Å². The number of aromatic nitrogens is 2. The van der Waals surface area contributed by atoms with Gasteiger partial charge in [-0.15, -0.1) is 11.3 Å². The summed E-state index contributed by atoms with van der Waals surface area (Å²) in [5.41, 5.74) is 7.48. The zero-order chi connectivity index (χ0) is 21.3. The van der Waals surface area contributed by atoms with Crippen molar-refractivity contribution in [2.45, 2.75) is 13.0 Å². The molecule has 0 spiro atoms. The van der Waals surface area contributed by atoms with Gasteiger partial charge in [-0.2, -0.15) is 0 Å². The molecule has 30 heavy (non-hydrogen) atoms. The van der Waals surface area contributed by atoms with E-state index in [0.717, 1.165) is 22.3 Å². The number of thiophene rings is 1. The van der Waals surface area contributed by atoms with Crippen LogP contribution < -0.4 is 5.73 Å². The highest BCUT2D eigenvalue weighted by atomic mass is 35.5. The van der Waals surface area contributed by atoms with Gasteiger partial charge in [0.1, 0.15) is 12.1 Å². The highest BCUT2D eigenvalue weighted by molar-refractivity contribution is 7.18. The molecule has 1 aliphatic rings. The van der Waals surface area contributed by atoms with Crippen molar-refractivity contribution in [3.63, 3.8) is 0 Å². The Morgan fingerprint density at radius 2 is 2.00 bits per heavy atom. The fraction of sp³-hybridized carbons (Fsp3) is 0.250. The molecule has 2 aromatic heterocycles. The summed E-state index contributed by atoms with van der Waals surface area (Å²) in [5, 5.41) is 0.764. The smallest absolute Gasteiger partial charge is 0.242 e. The van der Waals surface area contributed by atoms with Gasteiger partial charge in [0.15, 0.2) is 5.78 Å². The number of carbonyl (C=O) groups excluding carboxylic acids is 3. The first kappa shape index (κ1) is 20.2. The van der Waals surface area contributed by atoms with Crippen LogP contribution in [0.4, 0.5) is 5.82 Å². The minimum atomic E-state index is -0.351. The molecule has 10 heteroatoms. The first-order valence-electron chi connectivity index (χ1n) is 9.24. The van der Waals surface area contributed by atoms with Crippen molar-refractivity contribution in [3.8, 4) is 0 Å². The van der Waals surface area contributed by atoms with Crippen LogP contribution in [0.15, 0.2) is 36.7 Å². The molecule has 0 unspecified atom stereocenters. The van der Waals surface area contributed by atoms with E-state index in [2.05, 4.69) is 9.97 Å². The number of nitrogens with zero attached hydrogens (tertiary/aromatic N) is 4. The number of halogens is 1. The lowest BCUT2D eigenvalue weighted by molar-refractivity contribution is -0.145. The first-order valence-corrected chi connectivity index (χ1v) is 10.4. The number of Topliss-reactive ketones (excluding diaryl/α,β-unsaturated/α-hetero) is 1. The molecule has 2 N–H and O–H groups in total. The molecule has 3 heterocycles. The van der Waals surface area contributed by atoms with Crippen molar-refractivity contribution in [2.75, 3.05) is 25.4 Å². The summed E-state index contributed by atoms with van der Waals surface area (Å²) in [6.45, 7) is 1.15. The second kappa shape index (κ2) is 8.37. The van der Waals surface area contributed by atoms with E-state index >= 15 is 0 Å². The fourth-order valence-electron chi connectivity index (χ4n) is 3.33. The lowest BCUT2D eigenvalue weighted by Crippen LogP contribution is -2.52. The van der Waals surface area contributed by atoms with Crippen molar-refractivity contribution >= 4 is 57.3 Å².